The van der Waals surface area contributed by atoms with E-state index in [1.54, 1.807) is 7.11 Å². The van der Waals surface area contributed by atoms with E-state index in [9.17, 15) is 0 Å². The van der Waals surface area contributed by atoms with Crippen LogP contribution in [0, 0.1) is 0 Å². The Balaban J connectivity index is 0.00000288. The van der Waals surface area contributed by atoms with Crippen molar-refractivity contribution in [3.8, 4) is 5.75 Å². The Labute approximate surface area is 163 Å². The second-order valence-electron chi connectivity index (χ2n) is 5.84. The Bertz CT molecular complexity index is 490. The van der Waals surface area contributed by atoms with Gasteiger partial charge in [0.15, 0.2) is 5.96 Å². The van der Waals surface area contributed by atoms with Crippen LogP contribution in [0.4, 0.5) is 0 Å². The summed E-state index contributed by atoms with van der Waals surface area (Å²) in [4.78, 5) is 7.20. The fraction of sp³-hybridized carbons (Fsp3) is 0.611. The van der Waals surface area contributed by atoms with E-state index in [4.69, 9.17) is 4.74 Å². The first-order valence-electron chi connectivity index (χ1n) is 8.70. The molecule has 0 aromatic heterocycles. The summed E-state index contributed by atoms with van der Waals surface area (Å²) in [7, 11) is 1.70. The molecule has 0 aliphatic carbocycles. The highest BCUT2D eigenvalue weighted by Gasteiger charge is 2.09. The van der Waals surface area contributed by atoms with Crippen LogP contribution >= 0.6 is 24.0 Å². The van der Waals surface area contributed by atoms with E-state index in [0.717, 1.165) is 36.9 Å². The molecular formula is C18H31IN4O. The van der Waals surface area contributed by atoms with Gasteiger partial charge in [-0.1, -0.05) is 24.6 Å². The van der Waals surface area contributed by atoms with Gasteiger partial charge in [0.1, 0.15) is 5.75 Å². The number of aliphatic imine (C=N–C) groups is 1. The smallest absolute Gasteiger partial charge is 0.191 e. The van der Waals surface area contributed by atoms with Crippen molar-refractivity contribution in [3.63, 3.8) is 0 Å². The van der Waals surface area contributed by atoms with Crippen LogP contribution in [0.3, 0.4) is 0 Å². The van der Waals surface area contributed by atoms with Crippen molar-refractivity contribution in [2.24, 2.45) is 4.99 Å². The normalized spacial score (nSPS) is 15.5. The van der Waals surface area contributed by atoms with Crippen molar-refractivity contribution >= 4 is 29.9 Å². The number of hydrogen-bond acceptors (Lipinski definition) is 3. The van der Waals surface area contributed by atoms with Gasteiger partial charge in [-0.2, -0.15) is 0 Å². The second kappa shape index (κ2) is 12.4. The van der Waals surface area contributed by atoms with Crippen LogP contribution in [-0.2, 0) is 6.54 Å². The Morgan fingerprint density at radius 3 is 2.62 bits per heavy atom. The largest absolute Gasteiger partial charge is 0.496 e. The molecule has 0 radical (unpaired) electrons. The maximum atomic E-state index is 5.38. The second-order valence-corrected chi connectivity index (χ2v) is 5.84. The van der Waals surface area contributed by atoms with Gasteiger partial charge in [0.2, 0.25) is 0 Å². The van der Waals surface area contributed by atoms with Gasteiger partial charge in [-0.05, 0) is 38.9 Å². The molecule has 0 bridgehead atoms. The molecule has 0 atom stereocenters. The standard InChI is InChI=1S/C18H30N4O.HI/c1-3-19-18(20-11-14-22-12-7-4-8-13-22)21-15-16-9-5-6-10-17(16)23-2;/h5-6,9-10H,3-4,7-8,11-15H2,1-2H3,(H2,19,20,21);1H. The van der Waals surface area contributed by atoms with Crippen LogP contribution in [-0.4, -0.2) is 50.7 Å². The highest BCUT2D eigenvalue weighted by molar-refractivity contribution is 14.0. The van der Waals surface area contributed by atoms with E-state index in [1.165, 1.54) is 32.4 Å². The molecule has 0 unspecified atom stereocenters. The predicted molar refractivity (Wildman–Crippen MR) is 112 cm³/mol. The lowest BCUT2D eigenvalue weighted by Crippen LogP contribution is -2.42. The first-order valence-corrected chi connectivity index (χ1v) is 8.70. The summed E-state index contributed by atoms with van der Waals surface area (Å²) < 4.78 is 5.38. The Morgan fingerprint density at radius 1 is 1.17 bits per heavy atom. The zero-order valence-corrected chi connectivity index (χ0v) is 17.2. The SMILES string of the molecule is CCNC(=NCc1ccccc1OC)NCCN1CCCCC1.I. The molecule has 1 fully saturated rings. The number of guanidine groups is 1. The fourth-order valence-corrected chi connectivity index (χ4v) is 2.85. The first-order chi connectivity index (χ1) is 11.3. The van der Waals surface area contributed by atoms with E-state index >= 15 is 0 Å². The number of nitrogens with one attached hydrogen (secondary N) is 2. The van der Waals surface area contributed by atoms with Crippen molar-refractivity contribution in [2.75, 3.05) is 39.8 Å². The first kappa shape index (κ1) is 21.0. The minimum atomic E-state index is 0. The third kappa shape index (κ3) is 7.25. The molecule has 2 rings (SSSR count). The van der Waals surface area contributed by atoms with Crippen molar-refractivity contribution in [1.82, 2.24) is 15.5 Å². The van der Waals surface area contributed by atoms with Crippen LogP contribution < -0.4 is 15.4 Å². The minimum absolute atomic E-state index is 0. The maximum Gasteiger partial charge on any atom is 0.191 e. The van der Waals surface area contributed by atoms with Crippen molar-refractivity contribution in [3.05, 3.63) is 29.8 Å². The van der Waals surface area contributed by atoms with E-state index in [-0.39, 0.29) is 24.0 Å². The molecule has 1 aromatic carbocycles. The summed E-state index contributed by atoms with van der Waals surface area (Å²) in [5.41, 5.74) is 1.10. The van der Waals surface area contributed by atoms with Crippen LogP contribution in [0.2, 0.25) is 0 Å². The molecule has 1 aromatic rings. The third-order valence-corrected chi connectivity index (χ3v) is 4.11. The summed E-state index contributed by atoms with van der Waals surface area (Å²) >= 11 is 0. The summed E-state index contributed by atoms with van der Waals surface area (Å²) in [5, 5.41) is 6.74. The van der Waals surface area contributed by atoms with Crippen LogP contribution in [0.1, 0.15) is 31.7 Å². The van der Waals surface area contributed by atoms with Crippen molar-refractivity contribution in [2.45, 2.75) is 32.7 Å². The monoisotopic (exact) mass is 446 g/mol. The summed E-state index contributed by atoms with van der Waals surface area (Å²) in [6.07, 6.45) is 4.05. The van der Waals surface area contributed by atoms with Crippen LogP contribution in [0.15, 0.2) is 29.3 Å². The van der Waals surface area contributed by atoms with Gasteiger partial charge in [0.05, 0.1) is 13.7 Å². The van der Waals surface area contributed by atoms with E-state index < -0.39 is 0 Å². The molecule has 0 saturated carbocycles. The fourth-order valence-electron chi connectivity index (χ4n) is 2.85. The number of methoxy groups -OCH3 is 1. The average molecular weight is 446 g/mol. The molecule has 24 heavy (non-hydrogen) atoms. The summed E-state index contributed by atoms with van der Waals surface area (Å²) in [5.74, 6) is 1.76. The number of para-hydroxylation sites is 1. The zero-order chi connectivity index (χ0) is 16.3. The molecule has 5 nitrogen and oxygen atoms in total. The van der Waals surface area contributed by atoms with Gasteiger partial charge in [-0.25, -0.2) is 4.99 Å². The lowest BCUT2D eigenvalue weighted by atomic mass is 10.1. The molecule has 0 spiro atoms. The third-order valence-electron chi connectivity index (χ3n) is 4.11. The highest BCUT2D eigenvalue weighted by Crippen LogP contribution is 2.17. The molecule has 1 aliphatic heterocycles. The molecular weight excluding hydrogens is 415 g/mol. The Morgan fingerprint density at radius 2 is 1.92 bits per heavy atom. The van der Waals surface area contributed by atoms with Crippen molar-refractivity contribution < 1.29 is 4.74 Å². The van der Waals surface area contributed by atoms with Gasteiger partial charge in [-0.3, -0.25) is 0 Å². The molecule has 136 valence electrons. The van der Waals surface area contributed by atoms with Crippen LogP contribution in [0.5, 0.6) is 5.75 Å². The number of ether oxygens (including phenoxy) is 1. The van der Waals surface area contributed by atoms with E-state index in [2.05, 4.69) is 33.5 Å². The van der Waals surface area contributed by atoms with Crippen molar-refractivity contribution in [1.29, 1.82) is 0 Å². The van der Waals surface area contributed by atoms with E-state index in [1.807, 2.05) is 18.2 Å². The Hall–Kier alpha value is -1.02. The predicted octanol–water partition coefficient (Wildman–Crippen LogP) is 2.85. The molecule has 0 amide bonds. The van der Waals surface area contributed by atoms with Gasteiger partial charge in [-0.15, -0.1) is 24.0 Å². The van der Waals surface area contributed by atoms with Gasteiger partial charge < -0.3 is 20.3 Å². The lowest BCUT2D eigenvalue weighted by molar-refractivity contribution is 0.232. The molecule has 2 N–H and O–H groups in total. The number of rotatable bonds is 7. The highest BCUT2D eigenvalue weighted by atomic mass is 127. The minimum Gasteiger partial charge on any atom is -0.496 e. The van der Waals surface area contributed by atoms with E-state index in [0.29, 0.717) is 6.54 Å². The lowest BCUT2D eigenvalue weighted by Gasteiger charge is -2.26. The van der Waals surface area contributed by atoms with Gasteiger partial charge in [0.25, 0.3) is 0 Å². The molecule has 1 saturated heterocycles. The molecule has 1 aliphatic rings. The summed E-state index contributed by atoms with van der Waals surface area (Å²) in [6.45, 7) is 8.04. The quantitative estimate of drug-likeness (QED) is 0.384. The number of nitrogens with zero attached hydrogens (tertiary/aromatic N) is 2. The number of piperidine rings is 1. The number of halogens is 1. The van der Waals surface area contributed by atoms with Crippen LogP contribution in [0.25, 0.3) is 0 Å². The molecule has 6 heteroatoms. The number of hydrogen-bond donors (Lipinski definition) is 2. The number of benzene rings is 1. The average Bonchev–Trinajstić information content (AvgIpc) is 2.61. The van der Waals surface area contributed by atoms with Gasteiger partial charge >= 0.3 is 0 Å². The zero-order valence-electron chi connectivity index (χ0n) is 14.9. The maximum absolute atomic E-state index is 5.38. The number of likely N-dealkylation sites (tertiary alicyclic amines) is 1. The Kier molecular flexibility index (Phi) is 10.8. The summed E-state index contributed by atoms with van der Waals surface area (Å²) in [6, 6.07) is 8.03. The molecule has 1 heterocycles. The van der Waals surface area contributed by atoms with Gasteiger partial charge in [0, 0.05) is 25.2 Å². The topological polar surface area (TPSA) is 48.9 Å².